The van der Waals surface area contributed by atoms with Gasteiger partial charge in [-0.1, -0.05) is 62.4 Å². The number of carbonyl (C=O) groups excluding carboxylic acids is 1. The third-order valence-corrected chi connectivity index (χ3v) is 16.3. The van der Waals surface area contributed by atoms with Gasteiger partial charge in [-0.15, -0.1) is 24.5 Å². The van der Waals surface area contributed by atoms with E-state index in [1.807, 2.05) is 30.3 Å². The molecule has 0 saturated heterocycles. The summed E-state index contributed by atoms with van der Waals surface area (Å²) in [5.41, 5.74) is -2.43. The number of ketones is 1. The average Bonchev–Trinajstić information content (AvgIpc) is 3.62. The van der Waals surface area contributed by atoms with Crippen LogP contribution in [-0.4, -0.2) is 59.6 Å². The molecule has 9 rings (SSSR count). The maximum Gasteiger partial charge on any atom is 0.573 e. The number of ether oxygens (including phenoxy) is 1. The summed E-state index contributed by atoms with van der Waals surface area (Å²) in [6, 6.07) is 15.0. The van der Waals surface area contributed by atoms with Crippen LogP contribution < -0.4 is 4.74 Å². The quantitative estimate of drug-likeness (QED) is 0.178. The number of aliphatic hydroxyl groups excluding tert-OH is 1. The van der Waals surface area contributed by atoms with Gasteiger partial charge in [0.25, 0.3) is 0 Å². The van der Waals surface area contributed by atoms with Gasteiger partial charge < -0.3 is 14.9 Å². The number of carbonyl (C=O) groups is 1. The van der Waals surface area contributed by atoms with E-state index < -0.39 is 50.1 Å². The van der Waals surface area contributed by atoms with Crippen LogP contribution in [0.5, 0.6) is 5.75 Å². The molecule has 2 bridgehead atoms. The Morgan fingerprint density at radius 2 is 1.65 bits per heavy atom. The van der Waals surface area contributed by atoms with Crippen LogP contribution >= 0.6 is 11.3 Å². The van der Waals surface area contributed by atoms with Crippen LogP contribution in [0.2, 0.25) is 0 Å². The number of nitrogens with zero attached hydrogens (tertiary/aromatic N) is 1. The fourth-order valence-corrected chi connectivity index (χ4v) is 13.3. The van der Waals surface area contributed by atoms with Gasteiger partial charge in [0.2, 0.25) is 10.0 Å². The highest BCUT2D eigenvalue weighted by Crippen LogP contribution is 2.78. The van der Waals surface area contributed by atoms with E-state index in [2.05, 4.69) is 36.8 Å². The molecule has 3 aromatic rings. The second-order valence-corrected chi connectivity index (χ2v) is 19.6. The zero-order chi connectivity index (χ0) is 37.1. The van der Waals surface area contributed by atoms with Gasteiger partial charge in [-0.25, -0.2) is 8.42 Å². The highest BCUT2D eigenvalue weighted by Gasteiger charge is 2.74. The number of aliphatic hydroxyl groups is 2. The summed E-state index contributed by atoms with van der Waals surface area (Å²) in [4.78, 5) is 15.6. The molecule has 12 heteroatoms. The van der Waals surface area contributed by atoms with Crippen molar-refractivity contribution in [1.82, 2.24) is 4.31 Å². The van der Waals surface area contributed by atoms with Crippen molar-refractivity contribution >= 4 is 37.2 Å². The summed E-state index contributed by atoms with van der Waals surface area (Å²) in [5, 5.41) is 24.8. The van der Waals surface area contributed by atoms with E-state index in [4.69, 9.17) is 0 Å². The first-order valence-electron chi connectivity index (χ1n) is 18.0. The summed E-state index contributed by atoms with van der Waals surface area (Å²) in [5.74, 6) is -0.519. The zero-order valence-electron chi connectivity index (χ0n) is 29.4. The Labute approximate surface area is 306 Å². The van der Waals surface area contributed by atoms with E-state index in [-0.39, 0.29) is 36.1 Å². The van der Waals surface area contributed by atoms with Gasteiger partial charge in [0.1, 0.15) is 5.75 Å². The molecule has 6 aliphatic carbocycles. The lowest BCUT2D eigenvalue weighted by molar-refractivity contribution is -0.274. The summed E-state index contributed by atoms with van der Waals surface area (Å²) in [7, 11) is -3.87. The number of fused-ring (bicyclic) bond motifs is 2. The maximum atomic E-state index is 15.0. The first-order chi connectivity index (χ1) is 24.3. The van der Waals surface area contributed by atoms with Crippen molar-refractivity contribution in [2.75, 3.05) is 12.8 Å². The first-order valence-corrected chi connectivity index (χ1v) is 20.7. The number of rotatable bonds is 8. The van der Waals surface area contributed by atoms with Crippen molar-refractivity contribution in [1.29, 1.82) is 0 Å². The third-order valence-electron chi connectivity index (χ3n) is 14.0. The Balaban J connectivity index is 1.17. The highest BCUT2D eigenvalue weighted by atomic mass is 32.2. The van der Waals surface area contributed by atoms with E-state index in [0.29, 0.717) is 42.5 Å². The minimum Gasteiger partial charge on any atom is -0.406 e. The van der Waals surface area contributed by atoms with E-state index in [9.17, 15) is 36.6 Å². The Kier molecular flexibility index (Phi) is 8.12. The van der Waals surface area contributed by atoms with E-state index in [0.717, 1.165) is 46.9 Å². The minimum atomic E-state index is -4.85. The van der Waals surface area contributed by atoms with E-state index in [1.165, 1.54) is 27.8 Å². The third kappa shape index (κ3) is 5.29. The van der Waals surface area contributed by atoms with Crippen molar-refractivity contribution in [2.45, 2.75) is 83.4 Å². The van der Waals surface area contributed by atoms with Gasteiger partial charge in [0, 0.05) is 39.6 Å². The lowest BCUT2D eigenvalue weighted by atomic mass is 9.32. The summed E-state index contributed by atoms with van der Waals surface area (Å²) >= 11 is 1.48. The Hall–Kier alpha value is -3.03. The normalized spacial score (nSPS) is 36.7. The average molecular weight is 756 g/mol. The SMILES string of the molecule is C[C@]12CC[C@H]3[C@]4(C=C[C@@]5(C=C4C(=O)c4cc6ccccc6s4)CC(O)CC[C@]35C)[C@@H]1CC[C@@]2(O)CN(Cc1ccc(OC(F)(F)F)cc1)S(C)(=O)=O. The van der Waals surface area contributed by atoms with Crippen LogP contribution in [0.4, 0.5) is 13.2 Å². The molecule has 2 N–H and O–H groups in total. The standard InChI is InChI=1S/C40H44F3NO6S2/c1-35-15-12-27(45)21-37(35)18-19-39(29(22-37)34(46)31-20-26-6-4-5-7-30(26)51-31)32(35)13-16-36(2)33(39)14-17-38(36,47)24-44(52(3,48)49)23-25-8-10-28(11-9-25)50-40(41,42)43/h4-11,18-20,22,27,32-33,45,47H,12-17,21,23-24H2,1-3H3/t27?,32-,33-,35-,36+,37+,38-,39-/m1/s1. The number of halogens is 3. The van der Waals surface area contributed by atoms with Crippen molar-refractivity contribution in [3.63, 3.8) is 0 Å². The second kappa shape index (κ2) is 11.7. The van der Waals surface area contributed by atoms with Gasteiger partial charge >= 0.3 is 6.36 Å². The van der Waals surface area contributed by atoms with Crippen LogP contribution in [0, 0.1) is 33.5 Å². The minimum absolute atomic E-state index is 0.0209. The molecule has 0 radical (unpaired) electrons. The van der Waals surface area contributed by atoms with E-state index >= 15 is 0 Å². The van der Waals surface area contributed by atoms with Crippen LogP contribution in [0.1, 0.15) is 74.0 Å². The molecule has 3 saturated carbocycles. The summed E-state index contributed by atoms with van der Waals surface area (Å²) in [6.07, 6.45) is 6.73. The van der Waals surface area contributed by atoms with Crippen molar-refractivity contribution in [3.05, 3.63) is 88.8 Å². The Morgan fingerprint density at radius 1 is 0.981 bits per heavy atom. The predicted octanol–water partition coefficient (Wildman–Crippen LogP) is 8.04. The smallest absolute Gasteiger partial charge is 0.406 e. The van der Waals surface area contributed by atoms with Crippen LogP contribution in [0.15, 0.2) is 78.4 Å². The summed E-state index contributed by atoms with van der Waals surface area (Å²) < 4.78 is 71.1. The molecule has 0 aliphatic heterocycles. The van der Waals surface area contributed by atoms with Crippen LogP contribution in [-0.2, 0) is 16.6 Å². The number of allylic oxidation sites excluding steroid dienone is 4. The maximum absolute atomic E-state index is 15.0. The van der Waals surface area contributed by atoms with Gasteiger partial charge in [-0.05, 0) is 97.4 Å². The number of hydrogen-bond acceptors (Lipinski definition) is 7. The number of hydrogen-bond donors (Lipinski definition) is 2. The first kappa shape index (κ1) is 36.0. The number of benzene rings is 2. The topological polar surface area (TPSA) is 104 Å². The molecule has 8 atom stereocenters. The Morgan fingerprint density at radius 3 is 2.35 bits per heavy atom. The van der Waals surface area contributed by atoms with Crippen LogP contribution in [0.3, 0.4) is 0 Å². The van der Waals surface area contributed by atoms with Gasteiger partial charge in [-0.2, -0.15) is 4.31 Å². The monoisotopic (exact) mass is 755 g/mol. The number of thiophene rings is 1. The van der Waals surface area contributed by atoms with Crippen molar-refractivity contribution < 1.29 is 41.3 Å². The molecular weight excluding hydrogens is 712 g/mol. The van der Waals surface area contributed by atoms with Crippen molar-refractivity contribution in [2.24, 2.45) is 33.5 Å². The lowest BCUT2D eigenvalue weighted by Crippen LogP contribution is -2.67. The second-order valence-electron chi connectivity index (χ2n) is 16.5. The van der Waals surface area contributed by atoms with Crippen LogP contribution in [0.25, 0.3) is 10.1 Å². The lowest BCUT2D eigenvalue weighted by Gasteiger charge is -2.71. The fraction of sp³-hybridized carbons (Fsp3) is 0.525. The number of alkyl halides is 3. The molecule has 6 aliphatic rings. The number of Topliss-reactive ketones (excluding diaryl/α,β-unsaturated/α-hetero) is 1. The molecule has 52 heavy (non-hydrogen) atoms. The molecule has 2 aromatic carbocycles. The molecule has 3 fully saturated rings. The largest absolute Gasteiger partial charge is 0.573 e. The highest BCUT2D eigenvalue weighted by molar-refractivity contribution is 7.88. The zero-order valence-corrected chi connectivity index (χ0v) is 31.1. The molecule has 278 valence electrons. The predicted molar refractivity (Wildman–Crippen MR) is 193 cm³/mol. The fourth-order valence-electron chi connectivity index (χ4n) is 11.4. The molecule has 7 nitrogen and oxygen atoms in total. The van der Waals surface area contributed by atoms with Gasteiger partial charge in [-0.3, -0.25) is 4.79 Å². The molecule has 0 amide bonds. The molecule has 2 spiro atoms. The number of sulfonamides is 1. The van der Waals surface area contributed by atoms with Gasteiger partial charge in [0.05, 0.1) is 22.8 Å². The molecule has 1 aromatic heterocycles. The molecular formula is C40H44F3NO6S2. The molecule has 1 heterocycles. The van der Waals surface area contributed by atoms with E-state index in [1.54, 1.807) is 0 Å². The Bertz CT molecular complexity index is 2080. The van der Waals surface area contributed by atoms with Crippen molar-refractivity contribution in [3.8, 4) is 5.75 Å². The summed E-state index contributed by atoms with van der Waals surface area (Å²) in [6.45, 7) is 4.04. The van der Waals surface area contributed by atoms with Gasteiger partial charge in [0.15, 0.2) is 5.78 Å². The molecule has 1 unspecified atom stereocenters.